The molecule has 12 heavy (non-hydrogen) atoms. The number of nitrogens with zero attached hydrogens (tertiary/aromatic N) is 1. The van der Waals surface area contributed by atoms with Crippen LogP contribution >= 0.6 is 0 Å². The zero-order valence-corrected chi connectivity index (χ0v) is 7.79. The van der Waals surface area contributed by atoms with Gasteiger partial charge in [-0.1, -0.05) is 0 Å². The van der Waals surface area contributed by atoms with Gasteiger partial charge in [-0.2, -0.15) is 13.5 Å². The van der Waals surface area contributed by atoms with Crippen molar-refractivity contribution in [3.8, 4) is 0 Å². The van der Waals surface area contributed by atoms with Crippen LogP contribution in [-0.2, 0) is 19.5 Å². The third-order valence-corrected chi connectivity index (χ3v) is 1.30. The van der Waals surface area contributed by atoms with Gasteiger partial charge < -0.3 is 0 Å². The summed E-state index contributed by atoms with van der Waals surface area (Å²) in [6.45, 7) is 2.92. The van der Waals surface area contributed by atoms with Crippen LogP contribution in [0.1, 0.15) is 13.8 Å². The van der Waals surface area contributed by atoms with Gasteiger partial charge in [0.25, 0.3) is 10.1 Å². The monoisotopic (exact) mass is 196 g/mol. The molecule has 0 saturated carbocycles. The zero-order chi connectivity index (χ0) is 9.94. The standard InChI is InChI=1S/C5H10NO5S/c1-4(2)6(5(7)8)11-12(3,9)10/h4H,1-3H3. The summed E-state index contributed by atoms with van der Waals surface area (Å²) >= 11 is 0. The molecule has 0 aromatic rings. The van der Waals surface area contributed by atoms with Crippen molar-refractivity contribution in [3.63, 3.8) is 0 Å². The van der Waals surface area contributed by atoms with Gasteiger partial charge in [0.2, 0.25) is 0 Å². The average Bonchev–Trinajstić information content (AvgIpc) is 1.79. The second kappa shape index (κ2) is 3.72. The fraction of sp³-hybridized carbons (Fsp3) is 0.800. The van der Waals surface area contributed by atoms with Gasteiger partial charge in [0, 0.05) is 0 Å². The maximum absolute atomic E-state index is 10.5. The Morgan fingerprint density at radius 1 is 1.42 bits per heavy atom. The van der Waals surface area contributed by atoms with Crippen LogP contribution in [0.25, 0.3) is 0 Å². The van der Waals surface area contributed by atoms with E-state index in [9.17, 15) is 18.3 Å². The lowest BCUT2D eigenvalue weighted by atomic mass is 10.4. The zero-order valence-electron chi connectivity index (χ0n) is 6.97. The molecule has 0 saturated heterocycles. The summed E-state index contributed by atoms with van der Waals surface area (Å²) in [6.07, 6.45) is -0.930. The van der Waals surface area contributed by atoms with Crippen LogP contribution in [0.15, 0.2) is 0 Å². The van der Waals surface area contributed by atoms with Crippen molar-refractivity contribution in [3.05, 3.63) is 0 Å². The number of rotatable bonds is 3. The van der Waals surface area contributed by atoms with Crippen LogP contribution in [0.5, 0.6) is 0 Å². The van der Waals surface area contributed by atoms with Crippen LogP contribution in [-0.4, -0.2) is 31.9 Å². The number of hydroxylamine groups is 2. The normalized spacial score (nSPS) is 11.7. The van der Waals surface area contributed by atoms with Crippen LogP contribution in [0.2, 0.25) is 0 Å². The van der Waals surface area contributed by atoms with Gasteiger partial charge in [0.1, 0.15) is 0 Å². The van der Waals surface area contributed by atoms with E-state index < -0.39 is 22.3 Å². The minimum absolute atomic E-state index is 0.259. The second-order valence-electron chi connectivity index (χ2n) is 2.46. The fourth-order valence-corrected chi connectivity index (χ4v) is 0.998. The summed E-state index contributed by atoms with van der Waals surface area (Å²) in [5, 5.41) is 10.5. The van der Waals surface area contributed by atoms with Crippen LogP contribution in [0.4, 0.5) is 4.79 Å². The van der Waals surface area contributed by atoms with E-state index in [1.165, 1.54) is 13.8 Å². The first-order valence-corrected chi connectivity index (χ1v) is 4.95. The predicted octanol–water partition coefficient (Wildman–Crippen LogP) is 0.139. The quantitative estimate of drug-likeness (QED) is 0.601. The van der Waals surface area contributed by atoms with Crippen molar-refractivity contribution in [2.75, 3.05) is 6.26 Å². The molecule has 0 heterocycles. The van der Waals surface area contributed by atoms with E-state index in [1.54, 1.807) is 0 Å². The van der Waals surface area contributed by atoms with Crippen molar-refractivity contribution < 1.29 is 22.6 Å². The molecule has 6 nitrogen and oxygen atoms in total. The Bertz CT molecular complexity index is 257. The number of amides is 1. The molecule has 0 aliphatic heterocycles. The van der Waals surface area contributed by atoms with Gasteiger partial charge >= 0.3 is 6.09 Å². The summed E-state index contributed by atoms with van der Waals surface area (Å²) in [4.78, 5) is 10.2. The molecular weight excluding hydrogens is 186 g/mol. The van der Waals surface area contributed by atoms with Gasteiger partial charge in [-0.3, -0.25) is 0 Å². The number of hydrogen-bond acceptors (Lipinski definition) is 4. The Labute approximate surface area is 70.8 Å². The van der Waals surface area contributed by atoms with Gasteiger partial charge in [-0.25, -0.2) is 9.90 Å². The van der Waals surface area contributed by atoms with E-state index in [-0.39, 0.29) is 5.06 Å². The molecule has 7 heteroatoms. The van der Waals surface area contributed by atoms with Crippen molar-refractivity contribution >= 4 is 16.2 Å². The first-order valence-electron chi connectivity index (χ1n) is 3.14. The predicted molar refractivity (Wildman–Crippen MR) is 39.0 cm³/mol. The summed E-state index contributed by atoms with van der Waals surface area (Å²) in [5.74, 6) is 0. The maximum atomic E-state index is 10.5. The molecule has 1 amide bonds. The molecule has 0 fully saturated rings. The van der Waals surface area contributed by atoms with Crippen LogP contribution in [0, 0.1) is 0 Å². The van der Waals surface area contributed by atoms with Crippen molar-refractivity contribution in [2.24, 2.45) is 0 Å². The number of hydrogen-bond donors (Lipinski definition) is 0. The largest absolute Gasteiger partial charge is 0.477 e. The lowest BCUT2D eigenvalue weighted by Gasteiger charge is -2.18. The maximum Gasteiger partial charge on any atom is 0.477 e. The van der Waals surface area contributed by atoms with Gasteiger partial charge in [0.15, 0.2) is 0 Å². The average molecular weight is 196 g/mol. The summed E-state index contributed by atoms with van der Waals surface area (Å²) in [7, 11) is -3.81. The molecule has 71 valence electrons. The minimum atomic E-state index is -3.81. The lowest BCUT2D eigenvalue weighted by molar-refractivity contribution is -0.0613. The van der Waals surface area contributed by atoms with Crippen molar-refractivity contribution in [1.29, 1.82) is 0 Å². The third-order valence-electron chi connectivity index (χ3n) is 0.865. The van der Waals surface area contributed by atoms with Crippen LogP contribution < -0.4 is 0 Å². The SMILES string of the molecule is CC(C)N(OS(C)(=O)=O)C([O])=O. The van der Waals surface area contributed by atoms with E-state index in [0.29, 0.717) is 0 Å². The smallest absolute Gasteiger partial charge is 0.218 e. The summed E-state index contributed by atoms with van der Waals surface area (Å²) in [5.41, 5.74) is 0. The number of carbonyl (C=O) groups is 1. The van der Waals surface area contributed by atoms with Crippen molar-refractivity contribution in [2.45, 2.75) is 19.9 Å². The molecule has 0 rings (SSSR count). The van der Waals surface area contributed by atoms with E-state index in [2.05, 4.69) is 4.28 Å². The van der Waals surface area contributed by atoms with Gasteiger partial charge in [-0.05, 0) is 13.8 Å². The highest BCUT2D eigenvalue weighted by molar-refractivity contribution is 7.85. The Morgan fingerprint density at radius 3 is 1.92 bits per heavy atom. The topological polar surface area (TPSA) is 83.6 Å². The molecule has 0 N–H and O–H groups in total. The van der Waals surface area contributed by atoms with E-state index in [4.69, 9.17) is 0 Å². The van der Waals surface area contributed by atoms with Gasteiger partial charge in [0.05, 0.1) is 12.3 Å². The van der Waals surface area contributed by atoms with E-state index in [1.807, 2.05) is 0 Å². The van der Waals surface area contributed by atoms with Gasteiger partial charge in [-0.15, -0.1) is 4.28 Å². The van der Waals surface area contributed by atoms with E-state index in [0.717, 1.165) is 6.26 Å². The lowest BCUT2D eigenvalue weighted by Crippen LogP contribution is -2.36. The molecule has 1 radical (unpaired) electrons. The van der Waals surface area contributed by atoms with Crippen molar-refractivity contribution in [1.82, 2.24) is 5.06 Å². The minimum Gasteiger partial charge on any atom is -0.218 e. The summed E-state index contributed by atoms with van der Waals surface area (Å²) < 4.78 is 25.1. The fourth-order valence-electron chi connectivity index (χ4n) is 0.473. The highest BCUT2D eigenvalue weighted by Crippen LogP contribution is 2.03. The molecule has 0 aliphatic carbocycles. The highest BCUT2D eigenvalue weighted by atomic mass is 32.2. The second-order valence-corrected chi connectivity index (χ2v) is 4.02. The molecule has 0 bridgehead atoms. The molecule has 0 aromatic heterocycles. The van der Waals surface area contributed by atoms with E-state index >= 15 is 0 Å². The molecule has 0 atom stereocenters. The molecular formula is C5H10NO5S. The third kappa shape index (κ3) is 4.14. The molecule has 0 spiro atoms. The molecule has 0 unspecified atom stereocenters. The first kappa shape index (κ1) is 11.2. The Hall–Kier alpha value is -0.820. The Kier molecular flexibility index (Phi) is 3.47. The Balaban J connectivity index is 4.46. The molecule has 0 aliphatic rings. The molecule has 0 aromatic carbocycles. The number of carbonyl (C=O) groups excluding carboxylic acids is 1. The summed E-state index contributed by atoms with van der Waals surface area (Å²) in [6, 6.07) is -0.607. The highest BCUT2D eigenvalue weighted by Gasteiger charge is 2.22. The first-order chi connectivity index (χ1) is 5.24. The van der Waals surface area contributed by atoms with Crippen LogP contribution in [0.3, 0.4) is 0 Å². The Morgan fingerprint density at radius 2 is 1.83 bits per heavy atom.